The number of nitrogens with zero attached hydrogens (tertiary/aromatic N) is 5. The Labute approximate surface area is 221 Å². The van der Waals surface area contributed by atoms with Crippen LogP contribution in [0.1, 0.15) is 29.6 Å². The zero-order valence-corrected chi connectivity index (χ0v) is 22.2. The molecule has 0 atom stereocenters. The third kappa shape index (κ3) is 4.56. The summed E-state index contributed by atoms with van der Waals surface area (Å²) in [6, 6.07) is 19.2. The van der Waals surface area contributed by atoms with E-state index in [2.05, 4.69) is 23.4 Å². The van der Waals surface area contributed by atoms with Gasteiger partial charge in [-0.3, -0.25) is 9.78 Å². The first kappa shape index (κ1) is 25.3. The number of aromatic nitrogens is 4. The van der Waals surface area contributed by atoms with Gasteiger partial charge in [0.05, 0.1) is 17.1 Å². The van der Waals surface area contributed by atoms with Crippen LogP contribution in [-0.2, 0) is 27.8 Å². The predicted molar refractivity (Wildman–Crippen MR) is 147 cm³/mol. The van der Waals surface area contributed by atoms with E-state index in [1.165, 1.54) is 24.4 Å². The Balaban J connectivity index is 1.50. The van der Waals surface area contributed by atoms with Crippen LogP contribution in [0, 0.1) is 13.8 Å². The van der Waals surface area contributed by atoms with Crippen molar-refractivity contribution in [2.24, 2.45) is 0 Å². The number of aryl methyl sites for hydroxylation is 3. The Morgan fingerprint density at radius 1 is 0.974 bits per heavy atom. The lowest BCUT2D eigenvalue weighted by atomic mass is 10.0. The summed E-state index contributed by atoms with van der Waals surface area (Å²) in [6.45, 7) is 6.71. The highest BCUT2D eigenvalue weighted by atomic mass is 32.2. The third-order valence-corrected chi connectivity index (χ3v) is 8.12. The molecule has 0 bridgehead atoms. The summed E-state index contributed by atoms with van der Waals surface area (Å²) >= 11 is 0. The quantitative estimate of drug-likeness (QED) is 0.262. The number of fused-ring (bicyclic) bond motifs is 1. The van der Waals surface area contributed by atoms with Gasteiger partial charge in [-0.1, -0.05) is 49.4 Å². The van der Waals surface area contributed by atoms with Crippen molar-refractivity contribution in [2.75, 3.05) is 4.31 Å². The number of carbonyl (C=O) groups excluding carboxylic acids is 1. The highest BCUT2D eigenvalue weighted by Gasteiger charge is 2.27. The van der Waals surface area contributed by atoms with Crippen molar-refractivity contribution in [2.45, 2.75) is 38.6 Å². The molecule has 192 valence electrons. The fourth-order valence-corrected chi connectivity index (χ4v) is 5.87. The van der Waals surface area contributed by atoms with Gasteiger partial charge >= 0.3 is 0 Å². The van der Waals surface area contributed by atoms with E-state index >= 15 is 0 Å². The second kappa shape index (κ2) is 10.2. The molecule has 0 N–H and O–H groups in total. The van der Waals surface area contributed by atoms with Crippen LogP contribution >= 0.6 is 0 Å². The van der Waals surface area contributed by atoms with E-state index in [0.29, 0.717) is 18.5 Å². The molecule has 0 radical (unpaired) electrons. The predicted octanol–water partition coefficient (Wildman–Crippen LogP) is 5.07. The number of hydrogen-bond donors (Lipinski definition) is 0. The average molecular weight is 526 g/mol. The second-order valence-corrected chi connectivity index (χ2v) is 10.8. The molecule has 1 amide bonds. The summed E-state index contributed by atoms with van der Waals surface area (Å²) in [5.74, 6) is 0.965. The van der Waals surface area contributed by atoms with Crippen molar-refractivity contribution < 1.29 is 13.2 Å². The Morgan fingerprint density at radius 2 is 1.71 bits per heavy atom. The zero-order chi connectivity index (χ0) is 26.9. The van der Waals surface area contributed by atoms with Crippen LogP contribution in [0.4, 0.5) is 5.69 Å². The van der Waals surface area contributed by atoms with Crippen molar-refractivity contribution in [1.82, 2.24) is 19.5 Å². The Kier molecular flexibility index (Phi) is 6.77. The Hall–Kier alpha value is -4.37. The molecule has 3 heterocycles. The monoisotopic (exact) mass is 525 g/mol. The highest BCUT2D eigenvalue weighted by molar-refractivity contribution is 7.93. The van der Waals surface area contributed by atoms with Crippen LogP contribution < -0.4 is 4.31 Å². The van der Waals surface area contributed by atoms with Gasteiger partial charge in [-0.15, -0.1) is 0 Å². The molecule has 0 aliphatic heterocycles. The van der Waals surface area contributed by atoms with Crippen molar-refractivity contribution in [1.29, 1.82) is 0 Å². The number of rotatable bonds is 8. The first-order chi connectivity index (χ1) is 18.3. The number of sulfonamides is 1. The molecule has 0 aliphatic rings. The van der Waals surface area contributed by atoms with E-state index in [4.69, 9.17) is 9.97 Å². The Bertz CT molecular complexity index is 1730. The van der Waals surface area contributed by atoms with Crippen LogP contribution in [0.15, 0.2) is 84.0 Å². The van der Waals surface area contributed by atoms with Gasteiger partial charge in [-0.25, -0.2) is 22.7 Å². The first-order valence-electron chi connectivity index (χ1n) is 12.2. The molecule has 0 aliphatic carbocycles. The molecular weight excluding hydrogens is 498 g/mol. The average Bonchev–Trinajstić information content (AvgIpc) is 3.28. The van der Waals surface area contributed by atoms with Crippen LogP contribution in [0.2, 0.25) is 0 Å². The molecule has 5 aromatic rings. The summed E-state index contributed by atoms with van der Waals surface area (Å²) in [7, 11) is -4.09. The molecule has 0 fully saturated rings. The molecule has 0 unspecified atom stereocenters. The first-order valence-corrected chi connectivity index (χ1v) is 13.7. The van der Waals surface area contributed by atoms with Crippen LogP contribution in [0.25, 0.3) is 22.3 Å². The molecule has 8 nitrogen and oxygen atoms in total. The molecule has 2 aromatic carbocycles. The maximum atomic E-state index is 13.3. The third-order valence-electron chi connectivity index (χ3n) is 6.45. The lowest BCUT2D eigenvalue weighted by molar-refractivity contribution is -0.106. The summed E-state index contributed by atoms with van der Waals surface area (Å²) in [5.41, 5.74) is 6.37. The zero-order valence-electron chi connectivity index (χ0n) is 21.4. The van der Waals surface area contributed by atoms with Gasteiger partial charge in [-0.05, 0) is 54.8 Å². The highest BCUT2D eigenvalue weighted by Crippen LogP contribution is 2.33. The summed E-state index contributed by atoms with van der Waals surface area (Å²) in [5, 5.41) is 0. The van der Waals surface area contributed by atoms with Gasteiger partial charge in [0.1, 0.15) is 11.3 Å². The number of amides is 1. The van der Waals surface area contributed by atoms with Crippen molar-refractivity contribution in [3.05, 3.63) is 102 Å². The number of carbonyl (C=O) groups is 1. The second-order valence-electron chi connectivity index (χ2n) is 9.03. The maximum absolute atomic E-state index is 13.3. The van der Waals surface area contributed by atoms with Gasteiger partial charge < -0.3 is 4.57 Å². The Morgan fingerprint density at radius 3 is 2.39 bits per heavy atom. The number of hydrogen-bond acceptors (Lipinski definition) is 6. The molecule has 0 spiro atoms. The fraction of sp³-hybridized carbons (Fsp3) is 0.172. The van der Waals surface area contributed by atoms with Crippen molar-refractivity contribution >= 4 is 33.3 Å². The van der Waals surface area contributed by atoms with E-state index in [0.717, 1.165) is 50.1 Å². The largest absolute Gasteiger partial charge is 0.308 e. The molecular formula is C29H27N5O3S. The van der Waals surface area contributed by atoms with E-state index in [-0.39, 0.29) is 10.6 Å². The van der Waals surface area contributed by atoms with Crippen molar-refractivity contribution in [3.63, 3.8) is 0 Å². The number of pyridine rings is 2. The van der Waals surface area contributed by atoms with Gasteiger partial charge in [0, 0.05) is 30.1 Å². The van der Waals surface area contributed by atoms with E-state index < -0.39 is 10.0 Å². The van der Waals surface area contributed by atoms with Crippen LogP contribution in [0.5, 0.6) is 0 Å². The number of imidazole rings is 1. The fourth-order valence-electron chi connectivity index (χ4n) is 4.61. The minimum absolute atomic E-state index is 0.0311. The molecule has 3 aromatic heterocycles. The van der Waals surface area contributed by atoms with Gasteiger partial charge in [-0.2, -0.15) is 0 Å². The number of benzene rings is 2. The lowest BCUT2D eigenvalue weighted by Crippen LogP contribution is -2.30. The minimum atomic E-state index is -4.09. The smallest absolute Gasteiger partial charge is 0.270 e. The van der Waals surface area contributed by atoms with Gasteiger partial charge in [0.2, 0.25) is 6.41 Å². The molecule has 5 rings (SSSR count). The van der Waals surface area contributed by atoms with Crippen molar-refractivity contribution in [3.8, 4) is 11.1 Å². The normalized spacial score (nSPS) is 11.6. The van der Waals surface area contributed by atoms with Crippen LogP contribution in [-0.4, -0.2) is 34.3 Å². The standard InChI is InChI=1S/C29H27N5O3S/c1-4-27-32-28-20(2)16-21(3)31-29(28)33(27)18-22-10-12-23(13-11-22)25-17-30-15-14-26(25)34(19-35)38(36,37)24-8-6-5-7-9-24/h5-17,19H,4,18H2,1-3H3. The lowest BCUT2D eigenvalue weighted by Gasteiger charge is -2.20. The summed E-state index contributed by atoms with van der Waals surface area (Å²) < 4.78 is 29.4. The topological polar surface area (TPSA) is 98.1 Å². The minimum Gasteiger partial charge on any atom is -0.308 e. The molecule has 9 heteroatoms. The van der Waals surface area contributed by atoms with E-state index in [1.54, 1.807) is 24.4 Å². The molecule has 0 saturated carbocycles. The summed E-state index contributed by atoms with van der Waals surface area (Å²) in [4.78, 5) is 25.9. The summed E-state index contributed by atoms with van der Waals surface area (Å²) in [6.07, 6.45) is 4.14. The van der Waals surface area contributed by atoms with E-state index in [9.17, 15) is 13.2 Å². The van der Waals surface area contributed by atoms with Crippen LogP contribution in [0.3, 0.4) is 0 Å². The van der Waals surface area contributed by atoms with E-state index in [1.807, 2.05) is 37.3 Å². The number of anilines is 1. The SMILES string of the molecule is CCc1nc2c(C)cc(C)nc2n1Cc1ccc(-c2cnccc2N(C=O)S(=O)(=O)c2ccccc2)cc1. The van der Waals surface area contributed by atoms with Gasteiger partial charge in [0.15, 0.2) is 5.65 Å². The maximum Gasteiger partial charge on any atom is 0.270 e. The molecule has 0 saturated heterocycles. The molecule has 38 heavy (non-hydrogen) atoms. The van der Waals surface area contributed by atoms with Gasteiger partial charge in [0.25, 0.3) is 10.0 Å².